The number of ether oxygens (including phenoxy) is 1. The Morgan fingerprint density at radius 1 is 1.00 bits per heavy atom. The molecule has 94 valence electrons. The molecule has 18 heavy (non-hydrogen) atoms. The predicted octanol–water partition coefficient (Wildman–Crippen LogP) is -0.469. The molecule has 0 aliphatic rings. The molecule has 0 saturated heterocycles. The van der Waals surface area contributed by atoms with Crippen molar-refractivity contribution in [1.82, 2.24) is 0 Å². The van der Waals surface area contributed by atoms with E-state index in [0.29, 0.717) is 6.42 Å². The van der Waals surface area contributed by atoms with Crippen molar-refractivity contribution < 1.29 is 30.7 Å². The predicted molar refractivity (Wildman–Crippen MR) is 66.0 cm³/mol. The molecule has 0 unspecified atom stereocenters. The van der Waals surface area contributed by atoms with Crippen molar-refractivity contribution in [3.8, 4) is 0 Å². The summed E-state index contributed by atoms with van der Waals surface area (Å²) >= 11 is -0.125. The maximum atomic E-state index is 11.1. The molecule has 0 amide bonds. The van der Waals surface area contributed by atoms with Crippen molar-refractivity contribution in [2.45, 2.75) is 6.42 Å². The van der Waals surface area contributed by atoms with Crippen molar-refractivity contribution in [2.75, 3.05) is 7.11 Å². The first-order chi connectivity index (χ1) is 8.78. The summed E-state index contributed by atoms with van der Waals surface area (Å²) in [5.41, 5.74) is 1.00. The van der Waals surface area contributed by atoms with E-state index in [9.17, 15) is 4.79 Å². The van der Waals surface area contributed by atoms with Crippen LogP contribution in [0, 0.1) is 7.14 Å². The van der Waals surface area contributed by atoms with Gasteiger partial charge in [-0.25, -0.2) is 0 Å². The van der Waals surface area contributed by atoms with Crippen LogP contribution in [0.1, 0.15) is 5.56 Å². The minimum atomic E-state index is -0.194. The number of carbonyl (C=O) groups is 1. The van der Waals surface area contributed by atoms with Crippen LogP contribution in [0.15, 0.2) is 54.6 Å². The molecular formula is C15H14IO2-. The number of benzene rings is 2. The van der Waals surface area contributed by atoms with E-state index in [1.54, 1.807) is 0 Å². The summed E-state index contributed by atoms with van der Waals surface area (Å²) in [6, 6.07) is 18.7. The molecule has 0 radical (unpaired) electrons. The molecule has 0 bridgehead atoms. The Bertz CT molecular complexity index is 506. The molecule has 0 aliphatic heterocycles. The number of hydrogen-bond acceptors (Lipinski definition) is 2. The third-order valence-electron chi connectivity index (χ3n) is 2.44. The summed E-state index contributed by atoms with van der Waals surface area (Å²) in [4.78, 5) is 11.1. The van der Waals surface area contributed by atoms with E-state index in [1.165, 1.54) is 14.3 Å². The fraction of sp³-hybridized carbons (Fsp3) is 0.133. The Hall–Kier alpha value is -1.36. The first-order valence-corrected chi connectivity index (χ1v) is 7.79. The van der Waals surface area contributed by atoms with Gasteiger partial charge >= 0.3 is 118 Å². The maximum absolute atomic E-state index is 11.1. The zero-order valence-electron chi connectivity index (χ0n) is 10.1. The molecule has 0 aliphatic carbocycles. The van der Waals surface area contributed by atoms with Crippen molar-refractivity contribution >= 4 is 5.97 Å². The molecule has 0 atom stereocenters. The number of hydrogen-bond donors (Lipinski definition) is 0. The zero-order valence-corrected chi connectivity index (χ0v) is 12.3. The van der Waals surface area contributed by atoms with Crippen LogP contribution in [0.25, 0.3) is 0 Å². The van der Waals surface area contributed by atoms with Crippen LogP contribution in [-0.2, 0) is 16.0 Å². The summed E-state index contributed by atoms with van der Waals surface area (Å²) in [7, 11) is 1.41. The molecular weight excluding hydrogens is 339 g/mol. The van der Waals surface area contributed by atoms with Gasteiger partial charge in [-0.2, -0.15) is 0 Å². The average molecular weight is 353 g/mol. The Labute approximate surface area is 117 Å². The monoisotopic (exact) mass is 353 g/mol. The van der Waals surface area contributed by atoms with Gasteiger partial charge in [0, 0.05) is 0 Å². The van der Waals surface area contributed by atoms with Gasteiger partial charge in [-0.3, -0.25) is 0 Å². The van der Waals surface area contributed by atoms with Crippen LogP contribution in [0.2, 0.25) is 0 Å². The van der Waals surface area contributed by atoms with Crippen LogP contribution in [0.5, 0.6) is 0 Å². The van der Waals surface area contributed by atoms with E-state index >= 15 is 0 Å². The van der Waals surface area contributed by atoms with Gasteiger partial charge in [0.15, 0.2) is 0 Å². The number of rotatable bonds is 4. The zero-order chi connectivity index (χ0) is 12.8. The minimum absolute atomic E-state index is 0.125. The van der Waals surface area contributed by atoms with Crippen molar-refractivity contribution in [1.29, 1.82) is 0 Å². The first kappa shape index (κ1) is 13.1. The quantitative estimate of drug-likeness (QED) is 0.549. The third kappa shape index (κ3) is 3.84. The summed E-state index contributed by atoms with van der Waals surface area (Å²) in [6.45, 7) is 0. The summed E-state index contributed by atoms with van der Waals surface area (Å²) < 4.78 is 7.40. The SMILES string of the molecule is COC(=O)Cc1ccc([I-]c2ccccc2)cc1. The molecule has 3 heteroatoms. The molecule has 0 fully saturated rings. The van der Waals surface area contributed by atoms with Gasteiger partial charge in [0.05, 0.1) is 0 Å². The molecule has 2 rings (SSSR count). The molecule has 0 N–H and O–H groups in total. The number of methoxy groups -OCH3 is 1. The van der Waals surface area contributed by atoms with Gasteiger partial charge in [-0.05, 0) is 0 Å². The van der Waals surface area contributed by atoms with Gasteiger partial charge in [0.2, 0.25) is 0 Å². The molecule has 2 aromatic carbocycles. The Morgan fingerprint density at radius 3 is 2.22 bits per heavy atom. The van der Waals surface area contributed by atoms with E-state index < -0.39 is 0 Å². The van der Waals surface area contributed by atoms with Crippen molar-refractivity contribution in [3.63, 3.8) is 0 Å². The van der Waals surface area contributed by atoms with Gasteiger partial charge < -0.3 is 0 Å². The molecule has 0 aromatic heterocycles. The third-order valence-corrected chi connectivity index (χ3v) is 5.12. The number of carbonyl (C=O) groups excluding carboxylic acids is 1. The first-order valence-electron chi connectivity index (χ1n) is 5.63. The number of esters is 1. The van der Waals surface area contributed by atoms with Crippen molar-refractivity contribution in [3.05, 3.63) is 67.3 Å². The van der Waals surface area contributed by atoms with Gasteiger partial charge in [0.1, 0.15) is 0 Å². The molecule has 0 heterocycles. The second-order valence-corrected chi connectivity index (χ2v) is 6.80. The van der Waals surface area contributed by atoms with Gasteiger partial charge in [0.25, 0.3) is 0 Å². The molecule has 0 saturated carbocycles. The average Bonchev–Trinajstić information content (AvgIpc) is 2.42. The summed E-state index contributed by atoms with van der Waals surface area (Å²) in [6.07, 6.45) is 0.348. The molecule has 2 aromatic rings. The van der Waals surface area contributed by atoms with E-state index in [1.807, 2.05) is 18.2 Å². The fourth-order valence-corrected chi connectivity index (χ4v) is 3.72. The summed E-state index contributed by atoms with van der Waals surface area (Å²) in [5, 5.41) is 0. The van der Waals surface area contributed by atoms with Crippen molar-refractivity contribution in [2.24, 2.45) is 0 Å². The van der Waals surface area contributed by atoms with E-state index in [0.717, 1.165) is 5.56 Å². The van der Waals surface area contributed by atoms with Crippen LogP contribution in [-0.4, -0.2) is 13.1 Å². The van der Waals surface area contributed by atoms with E-state index in [2.05, 4.69) is 41.1 Å². The second kappa shape index (κ2) is 6.54. The molecule has 0 spiro atoms. The van der Waals surface area contributed by atoms with E-state index in [4.69, 9.17) is 0 Å². The molecule has 2 nitrogen and oxygen atoms in total. The van der Waals surface area contributed by atoms with Crippen LogP contribution in [0.4, 0.5) is 0 Å². The van der Waals surface area contributed by atoms with Crippen LogP contribution >= 0.6 is 0 Å². The standard InChI is InChI=1S/C15H14IO2/c1-18-15(17)11-12-7-9-14(10-8-12)16-13-5-3-2-4-6-13/h2-10H,11H2,1H3/q-1. The second-order valence-electron chi connectivity index (χ2n) is 3.77. The van der Waals surface area contributed by atoms with Gasteiger partial charge in [-0.1, -0.05) is 0 Å². The summed E-state index contributed by atoms with van der Waals surface area (Å²) in [5.74, 6) is -0.194. The Balaban J connectivity index is 2.02. The fourth-order valence-electron chi connectivity index (χ4n) is 1.51. The van der Waals surface area contributed by atoms with Crippen LogP contribution < -0.4 is 21.2 Å². The normalized spacial score (nSPS) is 10.3. The number of halogens is 1. The van der Waals surface area contributed by atoms with Gasteiger partial charge in [-0.15, -0.1) is 0 Å². The Kier molecular flexibility index (Phi) is 4.75. The Morgan fingerprint density at radius 2 is 1.61 bits per heavy atom. The van der Waals surface area contributed by atoms with Crippen LogP contribution in [0.3, 0.4) is 0 Å². The topological polar surface area (TPSA) is 26.3 Å². The van der Waals surface area contributed by atoms with E-state index in [-0.39, 0.29) is 27.2 Å².